The predicted octanol–water partition coefficient (Wildman–Crippen LogP) is 1.50. The zero-order chi connectivity index (χ0) is 22.2. The molecular formula is C21H24ClN5O5. The van der Waals surface area contributed by atoms with Gasteiger partial charge in [-0.3, -0.25) is 4.57 Å². The van der Waals surface area contributed by atoms with Gasteiger partial charge in [-0.25, -0.2) is 15.0 Å². The van der Waals surface area contributed by atoms with Crippen LogP contribution in [0, 0.1) is 0 Å². The summed E-state index contributed by atoms with van der Waals surface area (Å²) in [5.74, 6) is 1.27. The number of benzene rings is 1. The van der Waals surface area contributed by atoms with E-state index in [0.29, 0.717) is 22.0 Å². The van der Waals surface area contributed by atoms with Crippen LogP contribution in [-0.2, 0) is 4.74 Å². The van der Waals surface area contributed by atoms with Crippen molar-refractivity contribution in [3.05, 3.63) is 41.9 Å². The van der Waals surface area contributed by atoms with E-state index in [9.17, 15) is 15.3 Å². The highest BCUT2D eigenvalue weighted by Crippen LogP contribution is 2.33. The number of nitrogens with one attached hydrogen (secondary N) is 1. The molecule has 1 aliphatic carbocycles. The fraction of sp³-hybridized carbons (Fsp3) is 0.476. The number of aromatic nitrogens is 4. The molecule has 1 saturated carbocycles. The second kappa shape index (κ2) is 8.80. The van der Waals surface area contributed by atoms with Crippen molar-refractivity contribution in [3.8, 4) is 5.75 Å². The van der Waals surface area contributed by atoms with E-state index in [4.69, 9.17) is 21.1 Å². The van der Waals surface area contributed by atoms with E-state index in [1.807, 2.05) is 12.1 Å². The Balaban J connectivity index is 1.37. The Morgan fingerprint density at radius 3 is 2.84 bits per heavy atom. The second-order valence-corrected chi connectivity index (χ2v) is 8.51. The van der Waals surface area contributed by atoms with Crippen molar-refractivity contribution in [2.45, 2.75) is 55.9 Å². The lowest BCUT2D eigenvalue weighted by Crippen LogP contribution is -2.33. The molecule has 3 heterocycles. The first-order valence-electron chi connectivity index (χ1n) is 10.5. The molecule has 0 amide bonds. The number of hydrogen-bond acceptors (Lipinski definition) is 9. The number of anilines is 1. The number of rotatable bonds is 6. The maximum Gasteiger partial charge on any atom is 0.167 e. The molecule has 0 bridgehead atoms. The number of nitrogens with zero attached hydrogens (tertiary/aromatic N) is 4. The monoisotopic (exact) mass is 461 g/mol. The molecule has 0 unspecified atom stereocenters. The van der Waals surface area contributed by atoms with Gasteiger partial charge in [0.25, 0.3) is 0 Å². The molecule has 2 fully saturated rings. The molecule has 10 nitrogen and oxygen atoms in total. The first-order chi connectivity index (χ1) is 15.5. The number of aliphatic hydroxyl groups is 3. The summed E-state index contributed by atoms with van der Waals surface area (Å²) in [7, 11) is 0. The normalized spacial score (nSPS) is 30.1. The minimum atomic E-state index is -1.22. The lowest BCUT2D eigenvalue weighted by molar-refractivity contribution is -0.0511. The van der Waals surface area contributed by atoms with Gasteiger partial charge in [0.05, 0.1) is 19.0 Å². The molecule has 4 N–H and O–H groups in total. The van der Waals surface area contributed by atoms with E-state index < -0.39 is 31.1 Å². The van der Waals surface area contributed by atoms with Crippen molar-refractivity contribution in [2.24, 2.45) is 0 Å². The summed E-state index contributed by atoms with van der Waals surface area (Å²) in [4.78, 5) is 13.1. The van der Waals surface area contributed by atoms with Crippen LogP contribution in [0.3, 0.4) is 0 Å². The van der Waals surface area contributed by atoms with E-state index >= 15 is 0 Å². The van der Waals surface area contributed by atoms with Gasteiger partial charge in [0, 0.05) is 5.02 Å². The van der Waals surface area contributed by atoms with Crippen LogP contribution >= 0.6 is 11.6 Å². The summed E-state index contributed by atoms with van der Waals surface area (Å²) < 4.78 is 13.3. The molecule has 11 heteroatoms. The van der Waals surface area contributed by atoms with E-state index in [0.717, 1.165) is 25.0 Å². The largest absolute Gasteiger partial charge is 0.488 e. The van der Waals surface area contributed by atoms with Crippen LogP contribution in [0.4, 0.5) is 5.82 Å². The van der Waals surface area contributed by atoms with Gasteiger partial charge in [0.15, 0.2) is 23.2 Å². The Bertz CT molecular complexity index is 1100. The third-order valence-corrected chi connectivity index (χ3v) is 6.24. The quantitative estimate of drug-likeness (QED) is 0.430. The summed E-state index contributed by atoms with van der Waals surface area (Å²) in [5.41, 5.74) is 0.960. The van der Waals surface area contributed by atoms with Gasteiger partial charge in [0.2, 0.25) is 0 Å². The van der Waals surface area contributed by atoms with Crippen LogP contribution in [0.5, 0.6) is 5.75 Å². The van der Waals surface area contributed by atoms with Crippen LogP contribution < -0.4 is 10.1 Å². The van der Waals surface area contributed by atoms with Crippen LogP contribution in [-0.4, -0.2) is 71.9 Å². The summed E-state index contributed by atoms with van der Waals surface area (Å²) in [5, 5.41) is 33.9. The van der Waals surface area contributed by atoms with Crippen LogP contribution in [0.15, 0.2) is 36.9 Å². The molecule has 2 aromatic heterocycles. The fourth-order valence-corrected chi connectivity index (χ4v) is 4.56. The Hall–Kier alpha value is -2.50. The third kappa shape index (κ3) is 3.89. The average molecular weight is 462 g/mol. The highest BCUT2D eigenvalue weighted by atomic mass is 35.5. The summed E-state index contributed by atoms with van der Waals surface area (Å²) >= 11 is 6.07. The Kier molecular flexibility index (Phi) is 5.87. The molecule has 1 aliphatic heterocycles. The van der Waals surface area contributed by atoms with Gasteiger partial charge >= 0.3 is 0 Å². The molecule has 0 spiro atoms. The number of imidazole rings is 1. The van der Waals surface area contributed by atoms with Crippen LogP contribution in [0.2, 0.25) is 5.02 Å². The maximum absolute atomic E-state index is 10.4. The Morgan fingerprint density at radius 2 is 2.06 bits per heavy atom. The lowest BCUT2D eigenvalue weighted by Gasteiger charge is -2.23. The maximum atomic E-state index is 10.4. The molecular weight excluding hydrogens is 438 g/mol. The topological polar surface area (TPSA) is 135 Å². The fourth-order valence-electron chi connectivity index (χ4n) is 4.38. The van der Waals surface area contributed by atoms with Gasteiger partial charge < -0.3 is 30.1 Å². The van der Waals surface area contributed by atoms with E-state index in [2.05, 4.69) is 20.3 Å². The highest BCUT2D eigenvalue weighted by molar-refractivity contribution is 6.30. The van der Waals surface area contributed by atoms with Crippen molar-refractivity contribution >= 4 is 28.6 Å². The predicted molar refractivity (Wildman–Crippen MR) is 115 cm³/mol. The van der Waals surface area contributed by atoms with Crippen molar-refractivity contribution in [1.29, 1.82) is 0 Å². The molecule has 2 aliphatic rings. The van der Waals surface area contributed by atoms with Crippen LogP contribution in [0.25, 0.3) is 11.2 Å². The van der Waals surface area contributed by atoms with Gasteiger partial charge in [-0.05, 0) is 37.5 Å². The number of hydrogen-bond donors (Lipinski definition) is 4. The highest BCUT2D eigenvalue weighted by Gasteiger charge is 2.44. The van der Waals surface area contributed by atoms with Gasteiger partial charge in [0.1, 0.15) is 36.5 Å². The first-order valence-corrected chi connectivity index (χ1v) is 10.9. The van der Waals surface area contributed by atoms with Crippen molar-refractivity contribution < 1.29 is 24.8 Å². The Labute approximate surface area is 188 Å². The van der Waals surface area contributed by atoms with E-state index in [1.54, 1.807) is 16.7 Å². The third-order valence-electron chi connectivity index (χ3n) is 6.01. The van der Waals surface area contributed by atoms with Crippen LogP contribution in [0.1, 0.15) is 25.5 Å². The minimum absolute atomic E-state index is 0.0196. The summed E-state index contributed by atoms with van der Waals surface area (Å²) in [6.45, 7) is -0.404. The zero-order valence-electron chi connectivity index (χ0n) is 17.1. The standard InChI is InChI=1S/C21H24ClN5O5/c22-11-3-1-4-12(7-11)31-14-6-2-5-13(14)26-19-16-20(24-9-23-19)27(10-25-16)21-18(30)17(29)15(8-28)32-21/h1,3-4,7,9-10,13-15,17-18,21,28-30H,2,5-6,8H2,(H,23,24,26)/t13-,14-,15-,17-,18-,21-/m1/s1. The van der Waals surface area contributed by atoms with E-state index in [1.165, 1.54) is 12.7 Å². The molecule has 1 saturated heterocycles. The van der Waals surface area contributed by atoms with Crippen molar-refractivity contribution in [1.82, 2.24) is 19.5 Å². The second-order valence-electron chi connectivity index (χ2n) is 8.07. The number of halogens is 1. The van der Waals surface area contributed by atoms with E-state index in [-0.39, 0.29) is 12.1 Å². The summed E-state index contributed by atoms with van der Waals surface area (Å²) in [6, 6.07) is 7.36. The van der Waals surface area contributed by atoms with Crippen molar-refractivity contribution in [3.63, 3.8) is 0 Å². The van der Waals surface area contributed by atoms with Gasteiger partial charge in [-0.1, -0.05) is 17.7 Å². The summed E-state index contributed by atoms with van der Waals surface area (Å²) in [6.07, 6.45) is 1.43. The van der Waals surface area contributed by atoms with Crippen molar-refractivity contribution in [2.75, 3.05) is 11.9 Å². The minimum Gasteiger partial charge on any atom is -0.488 e. The van der Waals surface area contributed by atoms with Gasteiger partial charge in [-0.15, -0.1) is 0 Å². The smallest absolute Gasteiger partial charge is 0.167 e. The number of aliphatic hydroxyl groups excluding tert-OH is 3. The molecule has 0 radical (unpaired) electrons. The average Bonchev–Trinajstić information content (AvgIpc) is 3.48. The first kappa shape index (κ1) is 21.4. The van der Waals surface area contributed by atoms with Gasteiger partial charge in [-0.2, -0.15) is 0 Å². The lowest BCUT2D eigenvalue weighted by atomic mass is 10.1. The molecule has 32 heavy (non-hydrogen) atoms. The molecule has 5 rings (SSSR count). The molecule has 6 atom stereocenters. The molecule has 3 aromatic rings. The molecule has 1 aromatic carbocycles. The zero-order valence-corrected chi connectivity index (χ0v) is 17.8. The Morgan fingerprint density at radius 1 is 1.19 bits per heavy atom. The number of fused-ring (bicyclic) bond motifs is 1. The molecule has 170 valence electrons. The SMILES string of the molecule is OC[C@H]1O[C@@H](n2cnc3c(N[C@@H]4CCC[C@H]4Oc4cccc(Cl)c4)ncnc32)[C@H](O)[C@@H]1O. The number of ether oxygens (including phenoxy) is 2.